The van der Waals surface area contributed by atoms with Crippen LogP contribution in [-0.2, 0) is 0 Å². The van der Waals surface area contributed by atoms with Crippen molar-refractivity contribution in [2.45, 2.75) is 111 Å². The van der Waals surface area contributed by atoms with Crippen molar-refractivity contribution < 1.29 is 5.11 Å². The predicted molar refractivity (Wildman–Crippen MR) is 119 cm³/mol. The summed E-state index contributed by atoms with van der Waals surface area (Å²) >= 11 is 0. The second-order valence-corrected chi connectivity index (χ2v) is 12.2. The summed E-state index contributed by atoms with van der Waals surface area (Å²) < 4.78 is 0. The minimum Gasteiger partial charge on any atom is -0.393 e. The van der Waals surface area contributed by atoms with Crippen molar-refractivity contribution in [3.63, 3.8) is 0 Å². The molecule has 0 radical (unpaired) electrons. The van der Waals surface area contributed by atoms with Crippen LogP contribution >= 0.6 is 0 Å². The van der Waals surface area contributed by atoms with E-state index in [0.717, 1.165) is 48.3 Å². The second kappa shape index (κ2) is 7.75. The Balaban J connectivity index is 1.49. The first kappa shape index (κ1) is 21.0. The van der Waals surface area contributed by atoms with Gasteiger partial charge >= 0.3 is 0 Å². The monoisotopic (exact) mass is 386 g/mol. The SMILES string of the molecule is CC(C)CCC[C@@H](C)[C@H]1CC[C@H]2[C@@H]3CC=C4C[C@H](O)CC[C@]4(C)[C@H]3CC[C@@]12C. The van der Waals surface area contributed by atoms with Gasteiger partial charge in [0.1, 0.15) is 0 Å². The molecule has 4 aliphatic carbocycles. The summed E-state index contributed by atoms with van der Waals surface area (Å²) in [5.41, 5.74) is 2.60. The molecule has 1 nitrogen and oxygen atoms in total. The van der Waals surface area contributed by atoms with Crippen molar-refractivity contribution in [2.24, 2.45) is 46.3 Å². The highest BCUT2D eigenvalue weighted by atomic mass is 16.3. The average molecular weight is 387 g/mol. The van der Waals surface area contributed by atoms with Gasteiger partial charge in [-0.2, -0.15) is 0 Å². The summed E-state index contributed by atoms with van der Waals surface area (Å²) in [4.78, 5) is 0. The molecule has 4 rings (SSSR count). The molecule has 160 valence electrons. The largest absolute Gasteiger partial charge is 0.393 e. The van der Waals surface area contributed by atoms with Gasteiger partial charge in [0.15, 0.2) is 0 Å². The molecule has 28 heavy (non-hydrogen) atoms. The molecule has 1 N–H and O–H groups in total. The maximum absolute atomic E-state index is 10.2. The molecular formula is C27H46O. The van der Waals surface area contributed by atoms with Crippen LogP contribution in [-0.4, -0.2) is 11.2 Å². The summed E-state index contributed by atoms with van der Waals surface area (Å²) in [5.74, 6) is 5.46. The molecule has 0 aromatic carbocycles. The van der Waals surface area contributed by atoms with Gasteiger partial charge in [0.05, 0.1) is 6.10 Å². The van der Waals surface area contributed by atoms with Crippen molar-refractivity contribution in [1.82, 2.24) is 0 Å². The molecule has 8 atom stereocenters. The first-order valence-electron chi connectivity index (χ1n) is 12.6. The molecule has 0 bridgehead atoms. The normalized spacial score (nSPS) is 46.5. The Bertz CT molecular complexity index is 591. The third kappa shape index (κ3) is 3.42. The highest BCUT2D eigenvalue weighted by Crippen LogP contribution is 2.67. The lowest BCUT2D eigenvalue weighted by Crippen LogP contribution is -2.50. The molecule has 0 unspecified atom stereocenters. The van der Waals surface area contributed by atoms with E-state index in [4.69, 9.17) is 0 Å². The Morgan fingerprint density at radius 1 is 1.00 bits per heavy atom. The van der Waals surface area contributed by atoms with Crippen LogP contribution in [0.2, 0.25) is 0 Å². The van der Waals surface area contributed by atoms with E-state index in [2.05, 4.69) is 40.7 Å². The molecule has 0 spiro atoms. The lowest BCUT2D eigenvalue weighted by atomic mass is 9.47. The van der Waals surface area contributed by atoms with Crippen LogP contribution in [0.25, 0.3) is 0 Å². The van der Waals surface area contributed by atoms with E-state index in [-0.39, 0.29) is 6.10 Å². The maximum atomic E-state index is 10.2. The topological polar surface area (TPSA) is 20.2 Å². The molecule has 0 amide bonds. The third-order valence-electron chi connectivity index (χ3n) is 10.3. The van der Waals surface area contributed by atoms with Gasteiger partial charge in [-0.15, -0.1) is 0 Å². The highest BCUT2D eigenvalue weighted by Gasteiger charge is 2.59. The van der Waals surface area contributed by atoms with Gasteiger partial charge in [0, 0.05) is 0 Å². The number of allylic oxidation sites excluding steroid dienone is 1. The molecule has 4 aliphatic rings. The van der Waals surface area contributed by atoms with Crippen LogP contribution in [0.15, 0.2) is 11.6 Å². The first-order valence-corrected chi connectivity index (χ1v) is 12.6. The maximum Gasteiger partial charge on any atom is 0.0577 e. The fourth-order valence-corrected chi connectivity index (χ4v) is 8.67. The minimum absolute atomic E-state index is 0.0766. The van der Waals surface area contributed by atoms with Crippen LogP contribution in [0.5, 0.6) is 0 Å². The van der Waals surface area contributed by atoms with Crippen molar-refractivity contribution in [1.29, 1.82) is 0 Å². The molecule has 0 aromatic heterocycles. The first-order chi connectivity index (χ1) is 13.3. The van der Waals surface area contributed by atoms with Crippen LogP contribution in [0.3, 0.4) is 0 Å². The predicted octanol–water partition coefficient (Wildman–Crippen LogP) is 7.39. The van der Waals surface area contributed by atoms with Crippen LogP contribution < -0.4 is 0 Å². The number of fused-ring (bicyclic) bond motifs is 5. The fourth-order valence-electron chi connectivity index (χ4n) is 8.67. The van der Waals surface area contributed by atoms with Gasteiger partial charge in [0.25, 0.3) is 0 Å². The summed E-state index contributed by atoms with van der Waals surface area (Å²) in [6, 6.07) is 0. The Morgan fingerprint density at radius 3 is 2.54 bits per heavy atom. The smallest absolute Gasteiger partial charge is 0.0577 e. The van der Waals surface area contributed by atoms with Crippen molar-refractivity contribution >= 4 is 0 Å². The Kier molecular flexibility index (Phi) is 5.80. The van der Waals surface area contributed by atoms with Crippen molar-refractivity contribution in [2.75, 3.05) is 0 Å². The van der Waals surface area contributed by atoms with Gasteiger partial charge in [-0.3, -0.25) is 0 Å². The zero-order valence-corrected chi connectivity index (χ0v) is 19.3. The van der Waals surface area contributed by atoms with Crippen LogP contribution in [0.1, 0.15) is 105 Å². The molecule has 0 aromatic rings. The number of rotatable bonds is 5. The standard InChI is InChI=1S/C27H46O/c1-18(2)7-6-8-19(3)23-11-12-24-22-10-9-20-17-21(28)13-15-26(20,4)25(22)14-16-27(23,24)5/h9,18-19,21-25,28H,6-8,10-17H2,1-5H3/t19-,21-,22+,23-,24+,25+,26+,27+/m1/s1. The molecule has 0 saturated heterocycles. The Labute approximate surface area is 174 Å². The average Bonchev–Trinajstić information content (AvgIpc) is 2.99. The van der Waals surface area contributed by atoms with Gasteiger partial charge in [-0.1, -0.05) is 65.5 Å². The highest BCUT2D eigenvalue weighted by molar-refractivity contribution is 5.25. The van der Waals surface area contributed by atoms with Gasteiger partial charge in [-0.05, 0) is 97.7 Å². The zero-order valence-electron chi connectivity index (χ0n) is 19.3. The Hall–Kier alpha value is -0.300. The number of aliphatic hydroxyl groups excluding tert-OH is 1. The summed E-state index contributed by atoms with van der Waals surface area (Å²) in [7, 11) is 0. The number of aliphatic hydroxyl groups is 1. The van der Waals surface area contributed by atoms with E-state index in [9.17, 15) is 5.11 Å². The lowest BCUT2D eigenvalue weighted by Gasteiger charge is -2.58. The van der Waals surface area contributed by atoms with Gasteiger partial charge in [0.2, 0.25) is 0 Å². The molecule has 3 fully saturated rings. The summed E-state index contributed by atoms with van der Waals surface area (Å²) in [6.45, 7) is 12.6. The lowest BCUT2D eigenvalue weighted by molar-refractivity contribution is -0.0573. The molecule has 0 heterocycles. The molecule has 1 heteroatoms. The van der Waals surface area contributed by atoms with E-state index < -0.39 is 0 Å². The quantitative estimate of drug-likeness (QED) is 0.488. The summed E-state index contributed by atoms with van der Waals surface area (Å²) in [6.07, 6.45) is 17.2. The van der Waals surface area contributed by atoms with E-state index in [0.29, 0.717) is 10.8 Å². The molecular weight excluding hydrogens is 340 g/mol. The molecule has 0 aliphatic heterocycles. The summed E-state index contributed by atoms with van der Waals surface area (Å²) in [5, 5.41) is 10.2. The Morgan fingerprint density at radius 2 is 1.79 bits per heavy atom. The minimum atomic E-state index is -0.0766. The van der Waals surface area contributed by atoms with Crippen LogP contribution in [0, 0.1) is 46.3 Å². The van der Waals surface area contributed by atoms with Crippen molar-refractivity contribution in [3.05, 3.63) is 11.6 Å². The van der Waals surface area contributed by atoms with E-state index >= 15 is 0 Å². The van der Waals surface area contributed by atoms with E-state index in [1.165, 1.54) is 57.8 Å². The second-order valence-electron chi connectivity index (χ2n) is 12.2. The van der Waals surface area contributed by atoms with Gasteiger partial charge < -0.3 is 5.11 Å². The van der Waals surface area contributed by atoms with Crippen molar-refractivity contribution in [3.8, 4) is 0 Å². The van der Waals surface area contributed by atoms with Crippen LogP contribution in [0.4, 0.5) is 0 Å². The fraction of sp³-hybridized carbons (Fsp3) is 0.926. The zero-order chi connectivity index (χ0) is 20.1. The van der Waals surface area contributed by atoms with E-state index in [1.807, 2.05) is 0 Å². The molecule has 3 saturated carbocycles. The number of hydrogen-bond acceptors (Lipinski definition) is 1. The third-order valence-corrected chi connectivity index (χ3v) is 10.3. The van der Waals surface area contributed by atoms with Gasteiger partial charge in [-0.25, -0.2) is 0 Å². The van der Waals surface area contributed by atoms with E-state index in [1.54, 1.807) is 5.57 Å². The number of hydrogen-bond donors (Lipinski definition) is 1.